The summed E-state index contributed by atoms with van der Waals surface area (Å²) in [6.45, 7) is 2.53. The van der Waals surface area contributed by atoms with Crippen molar-refractivity contribution in [3.05, 3.63) is 69.2 Å². The van der Waals surface area contributed by atoms with Gasteiger partial charge in [0.15, 0.2) is 5.78 Å². The third-order valence-corrected chi connectivity index (χ3v) is 4.14. The standard InChI is InChI=1S/C17H14ClNO2/c1-10-2-3-13(9-15(10)18)16(20)12-5-4-11-6-7-19-17(21)14(11)8-12/h2-5,8-9H,6-7H2,1H3,(H,19,21). The molecule has 3 nitrogen and oxygen atoms in total. The highest BCUT2D eigenvalue weighted by atomic mass is 35.5. The fourth-order valence-corrected chi connectivity index (χ4v) is 2.63. The monoisotopic (exact) mass is 299 g/mol. The number of nitrogens with one attached hydrogen (secondary N) is 1. The van der Waals surface area contributed by atoms with E-state index in [1.807, 2.05) is 19.1 Å². The fourth-order valence-electron chi connectivity index (χ4n) is 2.45. The van der Waals surface area contributed by atoms with E-state index < -0.39 is 0 Å². The molecule has 0 unspecified atom stereocenters. The van der Waals surface area contributed by atoms with Crippen LogP contribution in [0, 0.1) is 6.92 Å². The van der Waals surface area contributed by atoms with Gasteiger partial charge in [0.1, 0.15) is 0 Å². The minimum atomic E-state index is -0.127. The average Bonchev–Trinajstić information content (AvgIpc) is 2.49. The number of fused-ring (bicyclic) bond motifs is 1. The zero-order valence-corrected chi connectivity index (χ0v) is 12.3. The van der Waals surface area contributed by atoms with Crippen LogP contribution in [0.1, 0.15) is 37.4 Å². The van der Waals surface area contributed by atoms with Crippen molar-refractivity contribution in [2.75, 3.05) is 6.54 Å². The van der Waals surface area contributed by atoms with Gasteiger partial charge < -0.3 is 5.32 Å². The number of halogens is 1. The van der Waals surface area contributed by atoms with Crippen molar-refractivity contribution >= 4 is 23.3 Å². The summed E-state index contributed by atoms with van der Waals surface area (Å²) in [7, 11) is 0. The first-order valence-electron chi connectivity index (χ1n) is 6.78. The van der Waals surface area contributed by atoms with E-state index in [2.05, 4.69) is 5.32 Å². The fraction of sp³-hybridized carbons (Fsp3) is 0.176. The van der Waals surface area contributed by atoms with Crippen molar-refractivity contribution in [3.8, 4) is 0 Å². The van der Waals surface area contributed by atoms with E-state index in [-0.39, 0.29) is 11.7 Å². The number of amides is 1. The highest BCUT2D eigenvalue weighted by Gasteiger charge is 2.19. The Bertz CT molecular complexity index is 752. The Morgan fingerprint density at radius 1 is 1.14 bits per heavy atom. The van der Waals surface area contributed by atoms with Gasteiger partial charge in [-0.25, -0.2) is 0 Å². The van der Waals surface area contributed by atoms with E-state index in [1.54, 1.807) is 24.3 Å². The Balaban J connectivity index is 2.00. The average molecular weight is 300 g/mol. The highest BCUT2D eigenvalue weighted by Crippen LogP contribution is 2.21. The number of hydrogen-bond acceptors (Lipinski definition) is 2. The summed E-state index contributed by atoms with van der Waals surface area (Å²) in [5, 5.41) is 3.36. The van der Waals surface area contributed by atoms with E-state index in [0.717, 1.165) is 17.5 Å². The van der Waals surface area contributed by atoms with Crippen molar-refractivity contribution in [1.82, 2.24) is 5.32 Å². The second-order valence-electron chi connectivity index (χ2n) is 5.17. The van der Waals surface area contributed by atoms with E-state index >= 15 is 0 Å². The maximum atomic E-state index is 12.5. The van der Waals surface area contributed by atoms with Crippen molar-refractivity contribution in [3.63, 3.8) is 0 Å². The Hall–Kier alpha value is -2.13. The molecule has 1 heterocycles. The largest absolute Gasteiger partial charge is 0.352 e. The summed E-state index contributed by atoms with van der Waals surface area (Å²) in [6, 6.07) is 10.5. The predicted molar refractivity (Wildman–Crippen MR) is 82.1 cm³/mol. The van der Waals surface area contributed by atoms with Crippen LogP contribution in [0.15, 0.2) is 36.4 Å². The van der Waals surface area contributed by atoms with Crippen LogP contribution >= 0.6 is 11.6 Å². The van der Waals surface area contributed by atoms with Crippen LogP contribution in [-0.2, 0) is 6.42 Å². The third-order valence-electron chi connectivity index (χ3n) is 3.73. The van der Waals surface area contributed by atoms with Gasteiger partial charge in [0.05, 0.1) is 0 Å². The summed E-state index contributed by atoms with van der Waals surface area (Å²) >= 11 is 6.07. The van der Waals surface area contributed by atoms with Crippen molar-refractivity contribution < 1.29 is 9.59 Å². The first-order valence-corrected chi connectivity index (χ1v) is 7.16. The quantitative estimate of drug-likeness (QED) is 0.866. The van der Waals surface area contributed by atoms with Gasteiger partial charge in [-0.05, 0) is 36.6 Å². The van der Waals surface area contributed by atoms with Gasteiger partial charge >= 0.3 is 0 Å². The maximum absolute atomic E-state index is 12.5. The number of carbonyl (C=O) groups excluding carboxylic acids is 2. The summed E-state index contributed by atoms with van der Waals surface area (Å²) in [6.07, 6.45) is 0.798. The SMILES string of the molecule is Cc1ccc(C(=O)c2ccc3c(c2)C(=O)NCC3)cc1Cl. The van der Waals surface area contributed by atoms with Crippen molar-refractivity contribution in [2.24, 2.45) is 0 Å². The van der Waals surface area contributed by atoms with Gasteiger partial charge in [-0.1, -0.05) is 35.9 Å². The molecule has 0 aliphatic carbocycles. The van der Waals surface area contributed by atoms with Crippen molar-refractivity contribution in [1.29, 1.82) is 0 Å². The highest BCUT2D eigenvalue weighted by molar-refractivity contribution is 6.31. The summed E-state index contributed by atoms with van der Waals surface area (Å²) in [4.78, 5) is 24.4. The first kappa shape index (κ1) is 13.8. The molecule has 0 atom stereocenters. The minimum absolute atomic E-state index is 0.118. The van der Waals surface area contributed by atoms with Crippen LogP contribution in [0.5, 0.6) is 0 Å². The molecule has 0 radical (unpaired) electrons. The Labute approximate surface area is 127 Å². The van der Waals surface area contributed by atoms with Gasteiger partial charge in [-0.2, -0.15) is 0 Å². The first-order chi connectivity index (χ1) is 10.1. The topological polar surface area (TPSA) is 46.2 Å². The smallest absolute Gasteiger partial charge is 0.251 e. The minimum Gasteiger partial charge on any atom is -0.352 e. The molecule has 1 amide bonds. The van der Waals surface area contributed by atoms with Gasteiger partial charge in [0.2, 0.25) is 0 Å². The second kappa shape index (κ2) is 5.34. The molecule has 4 heteroatoms. The zero-order chi connectivity index (χ0) is 15.0. The molecule has 0 bridgehead atoms. The van der Waals surface area contributed by atoms with E-state index in [4.69, 9.17) is 11.6 Å². The number of aryl methyl sites for hydroxylation is 1. The molecule has 1 N–H and O–H groups in total. The van der Waals surface area contributed by atoms with E-state index in [0.29, 0.717) is 28.3 Å². The molecule has 0 spiro atoms. The van der Waals surface area contributed by atoms with Gasteiger partial charge in [0.25, 0.3) is 5.91 Å². The molecule has 0 saturated heterocycles. The molecule has 106 valence electrons. The van der Waals surface area contributed by atoms with Crippen LogP contribution in [-0.4, -0.2) is 18.2 Å². The zero-order valence-electron chi connectivity index (χ0n) is 11.6. The lowest BCUT2D eigenvalue weighted by Crippen LogP contribution is -2.32. The molecule has 1 aliphatic rings. The number of carbonyl (C=O) groups is 2. The van der Waals surface area contributed by atoms with E-state index in [1.165, 1.54) is 0 Å². The molecule has 0 fully saturated rings. The predicted octanol–water partition coefficient (Wildman–Crippen LogP) is 3.17. The van der Waals surface area contributed by atoms with E-state index in [9.17, 15) is 9.59 Å². The molecule has 2 aromatic rings. The van der Waals surface area contributed by atoms with Crippen LogP contribution in [0.4, 0.5) is 0 Å². The number of rotatable bonds is 2. The normalized spacial score (nSPS) is 13.5. The van der Waals surface area contributed by atoms with Crippen LogP contribution in [0.25, 0.3) is 0 Å². The molecule has 1 aliphatic heterocycles. The number of benzene rings is 2. The number of ketones is 1. The van der Waals surface area contributed by atoms with Crippen LogP contribution in [0.2, 0.25) is 5.02 Å². The summed E-state index contributed by atoms with van der Waals surface area (Å²) in [5.74, 6) is -0.245. The maximum Gasteiger partial charge on any atom is 0.251 e. The third kappa shape index (κ3) is 2.57. The van der Waals surface area contributed by atoms with Crippen LogP contribution < -0.4 is 5.32 Å². The lowest BCUT2D eigenvalue weighted by Gasteiger charge is -2.17. The Morgan fingerprint density at radius 3 is 2.62 bits per heavy atom. The van der Waals surface area contributed by atoms with Crippen molar-refractivity contribution in [2.45, 2.75) is 13.3 Å². The summed E-state index contributed by atoms with van der Waals surface area (Å²) < 4.78 is 0. The molecule has 21 heavy (non-hydrogen) atoms. The van der Waals surface area contributed by atoms with Crippen LogP contribution in [0.3, 0.4) is 0 Å². The van der Waals surface area contributed by atoms with Gasteiger partial charge in [-0.3, -0.25) is 9.59 Å². The molecule has 2 aromatic carbocycles. The Kier molecular flexibility index (Phi) is 3.52. The second-order valence-corrected chi connectivity index (χ2v) is 5.58. The molecular weight excluding hydrogens is 286 g/mol. The molecule has 0 aromatic heterocycles. The molecule has 3 rings (SSSR count). The lowest BCUT2D eigenvalue weighted by atomic mass is 9.94. The Morgan fingerprint density at radius 2 is 1.86 bits per heavy atom. The van der Waals surface area contributed by atoms with Gasteiger partial charge in [0, 0.05) is 28.3 Å². The molecular formula is C17H14ClNO2. The number of hydrogen-bond donors (Lipinski definition) is 1. The summed E-state index contributed by atoms with van der Waals surface area (Å²) in [5.41, 5.74) is 3.54. The molecule has 0 saturated carbocycles. The lowest BCUT2D eigenvalue weighted by molar-refractivity contribution is 0.0946. The van der Waals surface area contributed by atoms with Gasteiger partial charge in [-0.15, -0.1) is 0 Å².